The van der Waals surface area contributed by atoms with Gasteiger partial charge in [-0.25, -0.2) is 0 Å². The minimum Gasteiger partial charge on any atom is -0.391 e. The Labute approximate surface area is 166 Å². The maximum absolute atomic E-state index is 13.0. The third kappa shape index (κ3) is 3.97. The number of nitrogens with zero attached hydrogens (tertiary/aromatic N) is 4. The summed E-state index contributed by atoms with van der Waals surface area (Å²) in [5.41, 5.74) is 2.19. The van der Waals surface area contributed by atoms with E-state index in [1.165, 1.54) is 0 Å². The van der Waals surface area contributed by atoms with Gasteiger partial charge in [-0.05, 0) is 40.7 Å². The Morgan fingerprint density at radius 2 is 2.04 bits per heavy atom. The molecule has 0 saturated heterocycles. The van der Waals surface area contributed by atoms with Crippen molar-refractivity contribution in [3.8, 4) is 11.3 Å². The first-order chi connectivity index (χ1) is 12.3. The lowest BCUT2D eigenvalue weighted by atomic mass is 10.0. The van der Waals surface area contributed by atoms with Crippen molar-refractivity contribution in [3.05, 3.63) is 34.7 Å². The van der Waals surface area contributed by atoms with Crippen LogP contribution in [0.4, 0.5) is 0 Å². The van der Waals surface area contributed by atoms with Crippen molar-refractivity contribution in [2.45, 2.75) is 37.7 Å². The van der Waals surface area contributed by atoms with Crippen LogP contribution in [0.3, 0.4) is 0 Å². The third-order valence-corrected chi connectivity index (χ3v) is 6.65. The van der Waals surface area contributed by atoms with Crippen molar-refractivity contribution in [2.75, 3.05) is 19.3 Å². The van der Waals surface area contributed by atoms with Crippen molar-refractivity contribution >= 4 is 33.6 Å². The molecule has 0 saturated carbocycles. The van der Waals surface area contributed by atoms with Crippen molar-refractivity contribution in [1.29, 1.82) is 0 Å². The van der Waals surface area contributed by atoms with Crippen LogP contribution in [0.5, 0.6) is 0 Å². The van der Waals surface area contributed by atoms with Crippen LogP contribution in [0.1, 0.15) is 30.8 Å². The summed E-state index contributed by atoms with van der Waals surface area (Å²) >= 11 is 5.27. The summed E-state index contributed by atoms with van der Waals surface area (Å²) in [5.74, 6) is -0.100. The number of β-amino-alcohol motifs (C(OH)–C–C–N with tert-alkyl or cyclic N) is 1. The fraction of sp³-hybridized carbons (Fsp3) is 0.500. The summed E-state index contributed by atoms with van der Waals surface area (Å²) in [6, 6.07) is 3.74. The summed E-state index contributed by atoms with van der Waals surface area (Å²) in [5, 5.41) is 15.0. The number of hydrogen-bond donors (Lipinski definition) is 1. The Kier molecular flexibility index (Phi) is 5.74. The van der Waals surface area contributed by atoms with Gasteiger partial charge in [0.05, 0.1) is 17.1 Å². The predicted octanol–water partition coefficient (Wildman–Crippen LogP) is 3.06. The number of carbonyl (C=O) groups excluding carboxylic acids is 1. The fourth-order valence-corrected chi connectivity index (χ4v) is 4.15. The number of thioether (sulfide) groups is 1. The summed E-state index contributed by atoms with van der Waals surface area (Å²) in [6.45, 7) is 5.71. The monoisotopic (exact) mass is 438 g/mol. The van der Waals surface area contributed by atoms with E-state index >= 15 is 0 Å². The topological polar surface area (TPSA) is 71.2 Å². The fourth-order valence-electron chi connectivity index (χ4n) is 3.11. The lowest BCUT2D eigenvalue weighted by Gasteiger charge is -2.32. The largest absolute Gasteiger partial charge is 0.391 e. The normalized spacial score (nSPS) is 15.9. The number of halogens is 1. The molecule has 3 heterocycles. The molecule has 0 aliphatic carbocycles. The molecule has 0 fully saturated rings. The highest BCUT2D eigenvalue weighted by Gasteiger charge is 2.32. The van der Waals surface area contributed by atoms with Crippen molar-refractivity contribution in [1.82, 2.24) is 19.7 Å². The van der Waals surface area contributed by atoms with Crippen LogP contribution in [-0.2, 0) is 6.54 Å². The van der Waals surface area contributed by atoms with Gasteiger partial charge in [0, 0.05) is 35.8 Å². The number of pyridine rings is 1. The van der Waals surface area contributed by atoms with Crippen LogP contribution in [0.2, 0.25) is 0 Å². The molecule has 0 spiro atoms. The Hall–Kier alpha value is -1.38. The molecule has 1 aliphatic rings. The second kappa shape index (κ2) is 7.70. The molecule has 1 aliphatic heterocycles. The van der Waals surface area contributed by atoms with E-state index in [0.29, 0.717) is 36.2 Å². The lowest BCUT2D eigenvalue weighted by molar-refractivity contribution is 0.0529. The third-order valence-electron chi connectivity index (χ3n) is 4.63. The van der Waals surface area contributed by atoms with E-state index in [4.69, 9.17) is 0 Å². The van der Waals surface area contributed by atoms with Crippen LogP contribution in [0, 0.1) is 0 Å². The zero-order valence-corrected chi connectivity index (χ0v) is 17.5. The molecule has 1 N–H and O–H groups in total. The highest BCUT2D eigenvalue weighted by molar-refractivity contribution is 9.10. The van der Waals surface area contributed by atoms with Crippen LogP contribution >= 0.6 is 27.7 Å². The molecule has 6 nitrogen and oxygen atoms in total. The SMILES string of the molecule is CSC(C)(C)CC(O)CN1CCn2nc(-c3ccncc3)c(Br)c2C1=O. The zero-order chi connectivity index (χ0) is 18.9. The van der Waals surface area contributed by atoms with Crippen molar-refractivity contribution < 1.29 is 9.90 Å². The first-order valence-electron chi connectivity index (χ1n) is 8.51. The number of rotatable bonds is 6. The number of carbonyl (C=O) groups is 1. The first-order valence-corrected chi connectivity index (χ1v) is 10.5. The predicted molar refractivity (Wildman–Crippen MR) is 107 cm³/mol. The number of fused-ring (bicyclic) bond motifs is 1. The van der Waals surface area contributed by atoms with E-state index in [1.807, 2.05) is 18.4 Å². The van der Waals surface area contributed by atoms with Gasteiger partial charge in [0.1, 0.15) is 11.4 Å². The van der Waals surface area contributed by atoms with Crippen LogP contribution in [0.15, 0.2) is 29.0 Å². The second-order valence-electron chi connectivity index (χ2n) is 7.04. The standard InChI is InChI=1S/C18H23BrN4O2S/c1-18(2,26-3)10-13(24)11-22-8-9-23-16(17(22)25)14(19)15(21-23)12-4-6-20-7-5-12/h4-7,13,24H,8-11H2,1-3H3. The van der Waals surface area contributed by atoms with Gasteiger partial charge in [-0.2, -0.15) is 16.9 Å². The summed E-state index contributed by atoms with van der Waals surface area (Å²) < 4.78 is 2.42. The Morgan fingerprint density at radius 1 is 1.35 bits per heavy atom. The summed E-state index contributed by atoms with van der Waals surface area (Å²) in [7, 11) is 0. The number of amides is 1. The molecule has 2 aromatic heterocycles. The van der Waals surface area contributed by atoms with Crippen LogP contribution < -0.4 is 0 Å². The quantitative estimate of drug-likeness (QED) is 0.749. The van der Waals surface area contributed by atoms with E-state index < -0.39 is 6.10 Å². The van der Waals surface area contributed by atoms with Crippen LogP contribution in [0.25, 0.3) is 11.3 Å². The molecule has 1 amide bonds. The number of aliphatic hydroxyl groups is 1. The van der Waals surface area contributed by atoms with Crippen molar-refractivity contribution in [3.63, 3.8) is 0 Å². The molecule has 0 radical (unpaired) electrons. The molecule has 1 unspecified atom stereocenters. The lowest BCUT2D eigenvalue weighted by Crippen LogP contribution is -2.45. The highest BCUT2D eigenvalue weighted by atomic mass is 79.9. The Bertz CT molecular complexity index is 794. The van der Waals surface area contributed by atoms with E-state index in [-0.39, 0.29) is 10.7 Å². The van der Waals surface area contributed by atoms with Crippen molar-refractivity contribution in [2.24, 2.45) is 0 Å². The number of aliphatic hydroxyl groups excluding tert-OH is 1. The minimum absolute atomic E-state index is 0.0187. The first kappa shape index (κ1) is 19.4. The summed E-state index contributed by atoms with van der Waals surface area (Å²) in [4.78, 5) is 18.7. The van der Waals surface area contributed by atoms with Gasteiger partial charge < -0.3 is 10.0 Å². The van der Waals surface area contributed by atoms with E-state index in [9.17, 15) is 9.90 Å². The van der Waals surface area contributed by atoms with E-state index in [1.54, 1.807) is 33.7 Å². The Morgan fingerprint density at radius 3 is 2.69 bits per heavy atom. The molecule has 0 aromatic carbocycles. The molecular weight excluding hydrogens is 416 g/mol. The van der Waals surface area contributed by atoms with Gasteiger partial charge in [-0.1, -0.05) is 13.8 Å². The van der Waals surface area contributed by atoms with E-state index in [0.717, 1.165) is 11.3 Å². The molecule has 2 aromatic rings. The van der Waals surface area contributed by atoms with Gasteiger partial charge in [-0.3, -0.25) is 14.5 Å². The van der Waals surface area contributed by atoms with Gasteiger partial charge in [0.2, 0.25) is 0 Å². The number of hydrogen-bond acceptors (Lipinski definition) is 5. The van der Waals surface area contributed by atoms with Gasteiger partial charge >= 0.3 is 0 Å². The van der Waals surface area contributed by atoms with E-state index in [2.05, 4.69) is 39.9 Å². The zero-order valence-electron chi connectivity index (χ0n) is 15.1. The van der Waals surface area contributed by atoms with Gasteiger partial charge in [0.25, 0.3) is 5.91 Å². The smallest absolute Gasteiger partial charge is 0.273 e. The molecule has 0 bridgehead atoms. The van der Waals surface area contributed by atoms with Gasteiger partial charge in [-0.15, -0.1) is 0 Å². The van der Waals surface area contributed by atoms with Crippen LogP contribution in [-0.4, -0.2) is 60.9 Å². The molecule has 140 valence electrons. The molecule has 1 atom stereocenters. The minimum atomic E-state index is -0.547. The maximum atomic E-state index is 13.0. The number of aromatic nitrogens is 3. The molecule has 8 heteroatoms. The molecule has 3 rings (SSSR count). The average molecular weight is 439 g/mol. The average Bonchev–Trinajstić information content (AvgIpc) is 2.95. The van der Waals surface area contributed by atoms with Gasteiger partial charge in [0.15, 0.2) is 0 Å². The molecule has 26 heavy (non-hydrogen) atoms. The Balaban J connectivity index is 1.79. The highest BCUT2D eigenvalue weighted by Crippen LogP contribution is 2.33. The maximum Gasteiger partial charge on any atom is 0.273 e. The summed E-state index contributed by atoms with van der Waals surface area (Å²) in [6.07, 6.45) is 5.54. The molecular formula is C18H23BrN4O2S. The second-order valence-corrected chi connectivity index (χ2v) is 9.35.